The Morgan fingerprint density at radius 2 is 0.738 bits per heavy atom. The average Bonchev–Trinajstić information content (AvgIpc) is 3.24. The molecule has 0 aliphatic heterocycles. The first-order chi connectivity index (χ1) is 29.4. The molecular weight excluding hydrogens is 803 g/mol. The summed E-state index contributed by atoms with van der Waals surface area (Å²) in [4.78, 5) is 35.6. The molecule has 14 heteroatoms. The van der Waals surface area contributed by atoms with Gasteiger partial charge in [0.25, 0.3) is 0 Å². The van der Waals surface area contributed by atoms with Crippen molar-refractivity contribution in [3.8, 4) is 0 Å². The number of carbonyl (C=O) groups is 2. The fraction of sp³-hybridized carbons (Fsp3) is 0.957. The molecule has 61 heavy (non-hydrogen) atoms. The molecule has 0 saturated heterocycles. The summed E-state index contributed by atoms with van der Waals surface area (Å²) in [5.74, 6) is -1.09. The number of ether oxygens (including phenoxy) is 2. The number of aliphatic hydroxyl groups excluding tert-OH is 5. The number of unbranched alkanes of at least 4 members (excludes halogenated alkanes) is 30. The van der Waals surface area contributed by atoms with E-state index >= 15 is 0 Å². The van der Waals surface area contributed by atoms with E-state index in [9.17, 15) is 44.6 Å². The molecule has 0 heterocycles. The van der Waals surface area contributed by atoms with E-state index in [1.165, 1.54) is 154 Å². The molecule has 0 spiro atoms. The van der Waals surface area contributed by atoms with E-state index in [2.05, 4.69) is 13.8 Å². The van der Waals surface area contributed by atoms with Crippen molar-refractivity contribution in [2.45, 2.75) is 275 Å². The monoisotopic (exact) mass is 895 g/mol. The summed E-state index contributed by atoms with van der Waals surface area (Å²) in [6.45, 7) is 3.30. The highest BCUT2D eigenvalue weighted by molar-refractivity contribution is 7.47. The molecular formula is C47H91O13P. The summed E-state index contributed by atoms with van der Waals surface area (Å²) < 4.78 is 33.5. The molecule has 0 aromatic heterocycles. The zero-order chi connectivity index (χ0) is 45.0. The Bertz CT molecular complexity index is 1080. The topological polar surface area (TPSA) is 210 Å². The third kappa shape index (κ3) is 30.6. The maximum Gasteiger partial charge on any atom is 0.472 e. The number of esters is 2. The lowest BCUT2D eigenvalue weighted by atomic mass is 9.85. The SMILES string of the molecule is CCCCCCCCCCCCCCCCCCCCCCCCCC(=O)OC(COC(=O)CCCCCCCCCCC)COP(=O)(O)OC1C(O)C(O)C(O)C(O)C1O. The lowest BCUT2D eigenvalue weighted by Crippen LogP contribution is -2.64. The number of carbonyl (C=O) groups excluding carboxylic acids is 2. The zero-order valence-corrected chi connectivity index (χ0v) is 39.4. The summed E-state index contributed by atoms with van der Waals surface area (Å²) in [5, 5.41) is 50.1. The lowest BCUT2D eigenvalue weighted by molar-refractivity contribution is -0.220. The molecule has 362 valence electrons. The van der Waals surface area contributed by atoms with Crippen LogP contribution in [0.15, 0.2) is 0 Å². The molecule has 1 aliphatic rings. The van der Waals surface area contributed by atoms with Crippen LogP contribution in [-0.4, -0.2) is 98.3 Å². The molecule has 1 saturated carbocycles. The van der Waals surface area contributed by atoms with E-state index in [-0.39, 0.29) is 12.8 Å². The molecule has 0 aromatic rings. The molecule has 6 atom stereocenters. The Hall–Kier alpha value is -1.15. The normalized spacial score (nSPS) is 21.9. The predicted molar refractivity (Wildman–Crippen MR) is 240 cm³/mol. The smallest absolute Gasteiger partial charge is 0.462 e. The van der Waals surface area contributed by atoms with Gasteiger partial charge in [0, 0.05) is 12.8 Å². The largest absolute Gasteiger partial charge is 0.472 e. The van der Waals surface area contributed by atoms with Crippen molar-refractivity contribution in [2.75, 3.05) is 13.2 Å². The number of hydrogen-bond donors (Lipinski definition) is 6. The van der Waals surface area contributed by atoms with Gasteiger partial charge >= 0.3 is 19.8 Å². The van der Waals surface area contributed by atoms with E-state index in [1.807, 2.05) is 0 Å². The molecule has 1 rings (SSSR count). The van der Waals surface area contributed by atoms with Gasteiger partial charge in [0.1, 0.15) is 43.2 Å². The van der Waals surface area contributed by atoms with Crippen LogP contribution in [0.3, 0.4) is 0 Å². The maximum atomic E-state index is 12.8. The Morgan fingerprint density at radius 3 is 1.08 bits per heavy atom. The van der Waals surface area contributed by atoms with Crippen LogP contribution in [-0.2, 0) is 32.7 Å². The highest BCUT2D eigenvalue weighted by Gasteiger charge is 2.51. The van der Waals surface area contributed by atoms with Crippen LogP contribution < -0.4 is 0 Å². The van der Waals surface area contributed by atoms with Crippen LogP contribution in [0.2, 0.25) is 0 Å². The second kappa shape index (κ2) is 38.2. The number of hydrogen-bond acceptors (Lipinski definition) is 12. The van der Waals surface area contributed by atoms with Crippen molar-refractivity contribution in [1.29, 1.82) is 0 Å². The minimum atomic E-state index is -5.11. The highest BCUT2D eigenvalue weighted by atomic mass is 31.2. The van der Waals surface area contributed by atoms with Crippen LogP contribution in [0.5, 0.6) is 0 Å². The van der Waals surface area contributed by atoms with E-state index in [0.29, 0.717) is 12.8 Å². The Morgan fingerprint density at radius 1 is 0.443 bits per heavy atom. The molecule has 0 amide bonds. The maximum absolute atomic E-state index is 12.8. The number of rotatable bonds is 42. The van der Waals surface area contributed by atoms with Crippen molar-refractivity contribution in [3.63, 3.8) is 0 Å². The zero-order valence-electron chi connectivity index (χ0n) is 38.5. The Kier molecular flexibility index (Phi) is 36.2. The van der Waals surface area contributed by atoms with Crippen molar-refractivity contribution in [1.82, 2.24) is 0 Å². The fourth-order valence-corrected chi connectivity index (χ4v) is 8.91. The first kappa shape index (κ1) is 57.9. The number of phosphoric ester groups is 1. The van der Waals surface area contributed by atoms with Gasteiger partial charge in [-0.2, -0.15) is 0 Å². The molecule has 1 aliphatic carbocycles. The van der Waals surface area contributed by atoms with Crippen molar-refractivity contribution in [2.24, 2.45) is 0 Å². The van der Waals surface area contributed by atoms with Crippen molar-refractivity contribution in [3.05, 3.63) is 0 Å². The van der Waals surface area contributed by atoms with Gasteiger partial charge in [-0.05, 0) is 12.8 Å². The van der Waals surface area contributed by atoms with Gasteiger partial charge in [0.15, 0.2) is 6.10 Å². The highest BCUT2D eigenvalue weighted by Crippen LogP contribution is 2.47. The summed E-state index contributed by atoms with van der Waals surface area (Å²) >= 11 is 0. The van der Waals surface area contributed by atoms with E-state index in [4.69, 9.17) is 18.5 Å². The second-order valence-corrected chi connectivity index (χ2v) is 19.1. The standard InChI is InChI=1S/C47H91O13P/c1-3-5-7-9-11-13-14-15-16-17-18-19-20-21-22-23-24-25-26-28-30-32-34-36-41(49)59-39(37-57-40(48)35-33-31-29-27-12-10-8-6-4-2)38-58-61(55,56)60-47-45(53)43(51)42(50)44(52)46(47)54/h39,42-47,50-54H,3-38H2,1-2H3,(H,55,56). The van der Waals surface area contributed by atoms with Crippen LogP contribution in [0.1, 0.15) is 232 Å². The summed E-state index contributed by atoms with van der Waals surface area (Å²) in [7, 11) is -5.11. The average molecular weight is 895 g/mol. The molecule has 13 nitrogen and oxygen atoms in total. The number of phosphoric acid groups is 1. The minimum Gasteiger partial charge on any atom is -0.462 e. The molecule has 0 bridgehead atoms. The first-order valence-electron chi connectivity index (χ1n) is 24.8. The first-order valence-corrected chi connectivity index (χ1v) is 26.3. The summed E-state index contributed by atoms with van der Waals surface area (Å²) in [6, 6.07) is 0. The van der Waals surface area contributed by atoms with Gasteiger partial charge in [-0.1, -0.05) is 206 Å². The van der Waals surface area contributed by atoms with Gasteiger partial charge in [0.2, 0.25) is 0 Å². The molecule has 0 radical (unpaired) electrons. The van der Waals surface area contributed by atoms with Crippen LogP contribution in [0, 0.1) is 0 Å². The molecule has 6 unspecified atom stereocenters. The van der Waals surface area contributed by atoms with Gasteiger partial charge < -0.3 is 39.9 Å². The predicted octanol–water partition coefficient (Wildman–Crippen LogP) is 10.1. The third-order valence-electron chi connectivity index (χ3n) is 11.9. The lowest BCUT2D eigenvalue weighted by Gasteiger charge is -2.41. The Balaban J connectivity index is 2.31. The Labute approximate surface area is 370 Å². The molecule has 6 N–H and O–H groups in total. The van der Waals surface area contributed by atoms with Crippen molar-refractivity contribution >= 4 is 19.8 Å². The van der Waals surface area contributed by atoms with Crippen molar-refractivity contribution < 1.29 is 63.1 Å². The van der Waals surface area contributed by atoms with E-state index in [1.54, 1.807) is 0 Å². The minimum absolute atomic E-state index is 0.105. The van der Waals surface area contributed by atoms with Gasteiger partial charge in [0.05, 0.1) is 6.61 Å². The van der Waals surface area contributed by atoms with E-state index in [0.717, 1.165) is 38.5 Å². The molecule has 1 fully saturated rings. The van der Waals surface area contributed by atoms with Crippen LogP contribution in [0.25, 0.3) is 0 Å². The van der Waals surface area contributed by atoms with Gasteiger partial charge in [-0.15, -0.1) is 0 Å². The van der Waals surface area contributed by atoms with Gasteiger partial charge in [-0.3, -0.25) is 18.6 Å². The summed E-state index contributed by atoms with van der Waals surface area (Å²) in [5.41, 5.74) is 0. The third-order valence-corrected chi connectivity index (χ3v) is 12.9. The quantitative estimate of drug-likeness (QED) is 0.0192. The second-order valence-electron chi connectivity index (χ2n) is 17.7. The van der Waals surface area contributed by atoms with E-state index < -0.39 is 75.7 Å². The van der Waals surface area contributed by atoms with Crippen LogP contribution in [0.4, 0.5) is 0 Å². The fourth-order valence-electron chi connectivity index (χ4n) is 7.94. The summed E-state index contributed by atoms with van der Waals surface area (Å²) in [6.07, 6.45) is 26.1. The van der Waals surface area contributed by atoms with Crippen LogP contribution >= 0.6 is 7.82 Å². The number of aliphatic hydroxyl groups is 5. The van der Waals surface area contributed by atoms with Gasteiger partial charge in [-0.25, -0.2) is 4.57 Å². The molecule has 0 aromatic carbocycles.